The number of rotatable bonds is 1. The van der Waals surface area contributed by atoms with Crippen LogP contribution in [0.3, 0.4) is 0 Å². The Balaban J connectivity index is 2.83. The van der Waals surface area contributed by atoms with Crippen LogP contribution in [0.25, 0.3) is 11.0 Å². The average Bonchev–Trinajstić information content (AvgIpc) is 2.52. The summed E-state index contributed by atoms with van der Waals surface area (Å²) in [7, 11) is 0. The van der Waals surface area contributed by atoms with Gasteiger partial charge in [-0.25, -0.2) is 0 Å². The first-order chi connectivity index (χ1) is 5.81. The lowest BCUT2D eigenvalue weighted by Crippen LogP contribution is -1.67. The smallest absolute Gasteiger partial charge is 0.175 e. The van der Waals surface area contributed by atoms with Gasteiger partial charge in [0.05, 0.1) is 12.0 Å². The van der Waals surface area contributed by atoms with Crippen molar-refractivity contribution in [2.45, 2.75) is 0 Å². The molecule has 0 radical (unpaired) electrons. The largest absolute Gasteiger partial charge is 0.504 e. The van der Waals surface area contributed by atoms with Gasteiger partial charge in [0.2, 0.25) is 0 Å². The lowest BCUT2D eigenvalue weighted by Gasteiger charge is -1.95. The van der Waals surface area contributed by atoms with Crippen LogP contribution in [0.5, 0.6) is 5.75 Å². The molecule has 0 aliphatic heterocycles. The Morgan fingerprint density at radius 3 is 3.00 bits per heavy atom. The summed E-state index contributed by atoms with van der Waals surface area (Å²) in [6.45, 7) is 3.37. The number of benzene rings is 1. The first-order valence-corrected chi connectivity index (χ1v) is 3.48. The van der Waals surface area contributed by atoms with Crippen LogP contribution in [-0.4, -0.2) is 11.8 Å². The molecule has 0 unspecified atom stereocenters. The number of nitrogens with zero attached hydrogens (tertiary/aromatic N) is 1. The minimum atomic E-state index is 0.0971. The summed E-state index contributed by atoms with van der Waals surface area (Å²) in [6, 6.07) is 5.08. The van der Waals surface area contributed by atoms with Gasteiger partial charge in [-0.2, -0.15) is 0 Å². The van der Waals surface area contributed by atoms with E-state index in [0.29, 0.717) is 11.3 Å². The molecular formula is C9H7NO2. The molecule has 0 saturated carbocycles. The quantitative estimate of drug-likeness (QED) is 0.653. The zero-order valence-electron chi connectivity index (χ0n) is 6.32. The van der Waals surface area contributed by atoms with Crippen LogP contribution in [-0.2, 0) is 0 Å². The molecule has 3 heteroatoms. The number of hydrogen-bond donors (Lipinski definition) is 1. The molecule has 1 aromatic carbocycles. The molecule has 2 aromatic rings. The Bertz CT molecular complexity index is 431. The van der Waals surface area contributed by atoms with Crippen molar-refractivity contribution < 1.29 is 9.52 Å². The Kier molecular flexibility index (Phi) is 1.37. The third kappa shape index (κ3) is 0.871. The van der Waals surface area contributed by atoms with Crippen LogP contribution < -0.4 is 0 Å². The zero-order valence-corrected chi connectivity index (χ0v) is 6.32. The van der Waals surface area contributed by atoms with Gasteiger partial charge in [-0.1, -0.05) is 0 Å². The second kappa shape index (κ2) is 2.37. The Labute approximate surface area is 69.0 Å². The molecule has 0 spiro atoms. The fourth-order valence-electron chi connectivity index (χ4n) is 1.14. The first-order valence-electron chi connectivity index (χ1n) is 3.48. The minimum absolute atomic E-state index is 0.0971. The number of hydrogen-bond acceptors (Lipinski definition) is 3. The summed E-state index contributed by atoms with van der Waals surface area (Å²) in [6.07, 6.45) is 1.53. The molecule has 0 fully saturated rings. The zero-order chi connectivity index (χ0) is 8.55. The highest BCUT2D eigenvalue weighted by Crippen LogP contribution is 2.30. The molecule has 0 aliphatic rings. The van der Waals surface area contributed by atoms with Crippen LogP contribution in [0.2, 0.25) is 0 Å². The predicted octanol–water partition coefficient (Wildman–Crippen LogP) is 2.47. The second-order valence-electron chi connectivity index (χ2n) is 2.46. The van der Waals surface area contributed by atoms with E-state index in [-0.39, 0.29) is 5.75 Å². The molecule has 1 N–H and O–H groups in total. The van der Waals surface area contributed by atoms with Gasteiger partial charge in [-0.05, 0) is 18.9 Å². The average molecular weight is 161 g/mol. The highest BCUT2D eigenvalue weighted by Gasteiger charge is 2.03. The van der Waals surface area contributed by atoms with Gasteiger partial charge in [-0.15, -0.1) is 0 Å². The van der Waals surface area contributed by atoms with Crippen molar-refractivity contribution in [3.63, 3.8) is 0 Å². The third-order valence-electron chi connectivity index (χ3n) is 1.70. The van der Waals surface area contributed by atoms with Crippen LogP contribution in [0, 0.1) is 0 Å². The second-order valence-corrected chi connectivity index (χ2v) is 2.46. The van der Waals surface area contributed by atoms with Crippen molar-refractivity contribution >= 4 is 23.4 Å². The predicted molar refractivity (Wildman–Crippen MR) is 47.1 cm³/mol. The molecule has 0 saturated heterocycles. The molecule has 12 heavy (non-hydrogen) atoms. The number of fused-ring (bicyclic) bond motifs is 1. The Morgan fingerprint density at radius 2 is 2.25 bits per heavy atom. The maximum atomic E-state index is 9.39. The van der Waals surface area contributed by atoms with Gasteiger partial charge in [0.25, 0.3) is 0 Å². The van der Waals surface area contributed by atoms with Crippen LogP contribution in [0.4, 0.5) is 5.69 Å². The van der Waals surface area contributed by atoms with Gasteiger partial charge >= 0.3 is 0 Å². The number of furan rings is 1. The van der Waals surface area contributed by atoms with Gasteiger partial charge in [0.15, 0.2) is 11.3 Å². The van der Waals surface area contributed by atoms with Crippen molar-refractivity contribution in [2.75, 3.05) is 0 Å². The summed E-state index contributed by atoms with van der Waals surface area (Å²) in [5.74, 6) is 0.0971. The number of aliphatic imine (C=N–C) groups is 1. The molecule has 2 rings (SSSR count). The molecule has 3 nitrogen and oxygen atoms in total. The lowest BCUT2D eigenvalue weighted by molar-refractivity contribution is 0.465. The van der Waals surface area contributed by atoms with E-state index in [2.05, 4.69) is 11.7 Å². The van der Waals surface area contributed by atoms with Crippen LogP contribution in [0.1, 0.15) is 0 Å². The van der Waals surface area contributed by atoms with E-state index in [1.807, 2.05) is 0 Å². The van der Waals surface area contributed by atoms with Crippen LogP contribution in [0.15, 0.2) is 33.9 Å². The monoisotopic (exact) mass is 161 g/mol. The van der Waals surface area contributed by atoms with Crippen molar-refractivity contribution in [3.8, 4) is 5.75 Å². The van der Waals surface area contributed by atoms with Crippen molar-refractivity contribution in [2.24, 2.45) is 4.99 Å². The normalized spacial score (nSPS) is 10.3. The number of aromatic hydroxyl groups is 1. The van der Waals surface area contributed by atoms with Crippen molar-refractivity contribution in [3.05, 3.63) is 24.5 Å². The summed E-state index contributed by atoms with van der Waals surface area (Å²) >= 11 is 0. The number of phenols is 1. The summed E-state index contributed by atoms with van der Waals surface area (Å²) < 4.78 is 5.04. The van der Waals surface area contributed by atoms with E-state index in [9.17, 15) is 5.11 Å². The molecule has 0 aliphatic carbocycles. The SMILES string of the molecule is C=Nc1cc(O)c2occc2c1. The molecule has 0 amide bonds. The highest BCUT2D eigenvalue weighted by molar-refractivity contribution is 5.86. The summed E-state index contributed by atoms with van der Waals surface area (Å²) in [5, 5.41) is 10.2. The minimum Gasteiger partial charge on any atom is -0.504 e. The van der Waals surface area contributed by atoms with E-state index in [1.165, 1.54) is 12.3 Å². The summed E-state index contributed by atoms with van der Waals surface area (Å²) in [5.41, 5.74) is 1.13. The summed E-state index contributed by atoms with van der Waals surface area (Å²) in [4.78, 5) is 3.71. The standard InChI is InChI=1S/C9H7NO2/c1-10-7-4-6-2-3-12-9(6)8(11)5-7/h2-5,11H,1H2. The van der Waals surface area contributed by atoms with E-state index in [0.717, 1.165) is 5.39 Å². The van der Waals surface area contributed by atoms with E-state index >= 15 is 0 Å². The van der Waals surface area contributed by atoms with Crippen LogP contribution >= 0.6 is 0 Å². The van der Waals surface area contributed by atoms with E-state index < -0.39 is 0 Å². The lowest BCUT2D eigenvalue weighted by atomic mass is 10.2. The third-order valence-corrected chi connectivity index (χ3v) is 1.70. The van der Waals surface area contributed by atoms with Gasteiger partial charge < -0.3 is 9.52 Å². The molecule has 0 bridgehead atoms. The molecule has 1 heterocycles. The Hall–Kier alpha value is -1.77. The van der Waals surface area contributed by atoms with E-state index in [4.69, 9.17) is 4.42 Å². The molecule has 0 atom stereocenters. The molecule has 1 aromatic heterocycles. The van der Waals surface area contributed by atoms with Crippen molar-refractivity contribution in [1.29, 1.82) is 0 Å². The molecular weight excluding hydrogens is 154 g/mol. The number of phenolic OH excluding ortho intramolecular Hbond substituents is 1. The van der Waals surface area contributed by atoms with Gasteiger partial charge in [-0.3, -0.25) is 4.99 Å². The fourth-order valence-corrected chi connectivity index (χ4v) is 1.14. The van der Waals surface area contributed by atoms with Crippen molar-refractivity contribution in [1.82, 2.24) is 0 Å². The topological polar surface area (TPSA) is 45.7 Å². The highest BCUT2D eigenvalue weighted by atomic mass is 16.3. The molecule has 60 valence electrons. The fraction of sp³-hybridized carbons (Fsp3) is 0. The maximum Gasteiger partial charge on any atom is 0.175 e. The van der Waals surface area contributed by atoms with Gasteiger partial charge in [0.1, 0.15) is 0 Å². The van der Waals surface area contributed by atoms with Gasteiger partial charge in [0, 0.05) is 11.5 Å². The van der Waals surface area contributed by atoms with E-state index in [1.54, 1.807) is 12.1 Å². The Morgan fingerprint density at radius 1 is 1.42 bits per heavy atom. The first kappa shape index (κ1) is 6.91. The maximum absolute atomic E-state index is 9.39.